The van der Waals surface area contributed by atoms with E-state index in [0.717, 1.165) is 21.2 Å². The first kappa shape index (κ1) is 19.4. The fourth-order valence-electron chi connectivity index (χ4n) is 3.67. The Kier molecular flexibility index (Phi) is 5.80. The Labute approximate surface area is 167 Å². The third-order valence-corrected chi connectivity index (χ3v) is 5.78. The van der Waals surface area contributed by atoms with Crippen molar-refractivity contribution in [2.45, 2.75) is 32.2 Å². The number of carbonyl (C=O) groups is 2. The van der Waals surface area contributed by atoms with Gasteiger partial charge in [0.15, 0.2) is 5.41 Å². The molecule has 0 saturated heterocycles. The van der Waals surface area contributed by atoms with Gasteiger partial charge in [-0.2, -0.15) is 0 Å². The molecule has 0 spiro atoms. The Balaban J connectivity index is 1.94. The summed E-state index contributed by atoms with van der Waals surface area (Å²) in [5.41, 5.74) is 1.40. The molecular formula is C22H22BrNO3. The number of carboxylic acids is 1. The molecule has 1 aliphatic rings. The van der Waals surface area contributed by atoms with Crippen molar-refractivity contribution in [3.8, 4) is 0 Å². The normalized spacial score (nSPS) is 22.0. The Bertz CT molecular complexity index is 861. The van der Waals surface area contributed by atoms with Crippen LogP contribution >= 0.6 is 15.9 Å². The van der Waals surface area contributed by atoms with Crippen LogP contribution in [-0.2, 0) is 16.1 Å². The Morgan fingerprint density at radius 3 is 2.44 bits per heavy atom. The third kappa shape index (κ3) is 3.98. The summed E-state index contributed by atoms with van der Waals surface area (Å²) < 4.78 is 0.920. The first-order chi connectivity index (χ1) is 12.9. The molecular weight excluding hydrogens is 406 g/mol. The van der Waals surface area contributed by atoms with Gasteiger partial charge in [-0.1, -0.05) is 70.0 Å². The summed E-state index contributed by atoms with van der Waals surface area (Å²) in [6.45, 7) is 2.30. The van der Waals surface area contributed by atoms with Crippen LogP contribution in [0.15, 0.2) is 70.7 Å². The summed E-state index contributed by atoms with van der Waals surface area (Å²) in [6.07, 6.45) is 2.62. The molecule has 2 aromatic rings. The van der Waals surface area contributed by atoms with Crippen LogP contribution in [0.2, 0.25) is 0 Å². The molecule has 0 bridgehead atoms. The Hall–Kier alpha value is -2.40. The SMILES string of the molecule is CC1=CC[C@@](C(=O)O)(C(=O)NCc2ccccc2)[C@H](c2ccc(Br)cc2)C1. The molecule has 0 aliphatic heterocycles. The second kappa shape index (κ2) is 8.09. The van der Waals surface area contributed by atoms with Gasteiger partial charge in [0.05, 0.1) is 0 Å². The van der Waals surface area contributed by atoms with Gasteiger partial charge in [-0.05, 0) is 43.0 Å². The Morgan fingerprint density at radius 2 is 1.81 bits per heavy atom. The van der Waals surface area contributed by atoms with Crippen LogP contribution in [0.1, 0.15) is 36.8 Å². The van der Waals surface area contributed by atoms with Crippen molar-refractivity contribution in [2.75, 3.05) is 0 Å². The van der Waals surface area contributed by atoms with Crippen molar-refractivity contribution in [1.82, 2.24) is 5.32 Å². The number of carbonyl (C=O) groups excluding carboxylic acids is 1. The minimum Gasteiger partial charge on any atom is -0.480 e. The highest BCUT2D eigenvalue weighted by atomic mass is 79.9. The van der Waals surface area contributed by atoms with E-state index in [1.165, 1.54) is 0 Å². The van der Waals surface area contributed by atoms with Crippen molar-refractivity contribution in [1.29, 1.82) is 0 Å². The van der Waals surface area contributed by atoms with E-state index in [2.05, 4.69) is 21.2 Å². The van der Waals surface area contributed by atoms with Gasteiger partial charge in [0, 0.05) is 16.9 Å². The van der Waals surface area contributed by atoms with Gasteiger partial charge in [0.25, 0.3) is 0 Å². The number of carboxylic acid groups (broad SMARTS) is 1. The van der Waals surface area contributed by atoms with E-state index in [0.29, 0.717) is 13.0 Å². The molecule has 1 amide bonds. The largest absolute Gasteiger partial charge is 0.480 e. The lowest BCUT2D eigenvalue weighted by Gasteiger charge is -2.39. The molecule has 2 N–H and O–H groups in total. The number of hydrogen-bond acceptors (Lipinski definition) is 2. The number of allylic oxidation sites excluding steroid dienone is 2. The summed E-state index contributed by atoms with van der Waals surface area (Å²) in [5, 5.41) is 13.0. The van der Waals surface area contributed by atoms with Crippen LogP contribution in [-0.4, -0.2) is 17.0 Å². The lowest BCUT2D eigenvalue weighted by atomic mass is 9.63. The maximum atomic E-state index is 13.2. The highest BCUT2D eigenvalue weighted by Gasteiger charge is 2.53. The van der Waals surface area contributed by atoms with E-state index < -0.39 is 23.2 Å². The number of nitrogens with one attached hydrogen (secondary N) is 1. The van der Waals surface area contributed by atoms with Crippen LogP contribution in [0, 0.1) is 5.41 Å². The first-order valence-corrected chi connectivity index (χ1v) is 9.69. The standard InChI is InChI=1S/C22H22BrNO3/c1-15-11-12-22(21(26)27,19(13-15)17-7-9-18(23)10-8-17)20(25)24-14-16-5-3-2-4-6-16/h2-11,19H,12-14H2,1H3,(H,24,25)(H,26,27)/t19-,22-/m0/s1. The number of amides is 1. The molecule has 27 heavy (non-hydrogen) atoms. The van der Waals surface area contributed by atoms with Gasteiger partial charge in [-0.3, -0.25) is 9.59 Å². The number of benzene rings is 2. The predicted molar refractivity (Wildman–Crippen MR) is 108 cm³/mol. The molecule has 0 unspecified atom stereocenters. The van der Waals surface area contributed by atoms with E-state index in [4.69, 9.17) is 0 Å². The highest BCUT2D eigenvalue weighted by molar-refractivity contribution is 9.10. The quantitative estimate of drug-likeness (QED) is 0.538. The molecule has 0 radical (unpaired) electrons. The zero-order valence-corrected chi connectivity index (χ0v) is 16.7. The minimum atomic E-state index is -1.51. The zero-order valence-electron chi connectivity index (χ0n) is 15.1. The molecule has 0 heterocycles. The second-order valence-electron chi connectivity index (χ2n) is 7.01. The summed E-state index contributed by atoms with van der Waals surface area (Å²) in [4.78, 5) is 25.5. The monoisotopic (exact) mass is 427 g/mol. The Morgan fingerprint density at radius 1 is 1.15 bits per heavy atom. The summed E-state index contributed by atoms with van der Waals surface area (Å²) in [6, 6.07) is 17.1. The summed E-state index contributed by atoms with van der Waals surface area (Å²) in [7, 11) is 0. The maximum absolute atomic E-state index is 13.2. The van der Waals surface area contributed by atoms with Gasteiger partial charge in [-0.25, -0.2) is 0 Å². The second-order valence-corrected chi connectivity index (χ2v) is 7.92. The van der Waals surface area contributed by atoms with Gasteiger partial charge in [0.1, 0.15) is 0 Å². The van der Waals surface area contributed by atoms with Crippen molar-refractivity contribution >= 4 is 27.8 Å². The van der Waals surface area contributed by atoms with E-state index in [1.807, 2.05) is 67.6 Å². The zero-order chi connectivity index (χ0) is 19.4. The molecule has 2 aromatic carbocycles. The summed E-state index contributed by atoms with van der Waals surface area (Å²) >= 11 is 3.41. The van der Waals surface area contributed by atoms with Crippen molar-refractivity contribution in [3.63, 3.8) is 0 Å². The molecule has 140 valence electrons. The fraction of sp³-hybridized carbons (Fsp3) is 0.273. The molecule has 2 atom stereocenters. The van der Waals surface area contributed by atoms with Crippen molar-refractivity contribution < 1.29 is 14.7 Å². The van der Waals surface area contributed by atoms with E-state index in [-0.39, 0.29) is 6.42 Å². The maximum Gasteiger partial charge on any atom is 0.320 e. The van der Waals surface area contributed by atoms with Crippen LogP contribution in [0.3, 0.4) is 0 Å². The van der Waals surface area contributed by atoms with Crippen molar-refractivity contribution in [2.24, 2.45) is 5.41 Å². The predicted octanol–water partition coefficient (Wildman–Crippen LogP) is 4.66. The molecule has 3 rings (SSSR count). The number of hydrogen-bond donors (Lipinski definition) is 2. The van der Waals surface area contributed by atoms with E-state index >= 15 is 0 Å². The van der Waals surface area contributed by atoms with Crippen LogP contribution in [0.4, 0.5) is 0 Å². The minimum absolute atomic E-state index is 0.190. The molecule has 0 fully saturated rings. The third-order valence-electron chi connectivity index (χ3n) is 5.25. The molecule has 0 saturated carbocycles. The van der Waals surface area contributed by atoms with Crippen LogP contribution in [0.5, 0.6) is 0 Å². The topological polar surface area (TPSA) is 66.4 Å². The van der Waals surface area contributed by atoms with E-state index in [9.17, 15) is 14.7 Å². The molecule has 0 aromatic heterocycles. The van der Waals surface area contributed by atoms with E-state index in [1.54, 1.807) is 0 Å². The fourth-order valence-corrected chi connectivity index (χ4v) is 3.94. The summed E-state index contributed by atoms with van der Waals surface area (Å²) in [5.74, 6) is -1.93. The smallest absolute Gasteiger partial charge is 0.320 e. The lowest BCUT2D eigenvalue weighted by molar-refractivity contribution is -0.158. The molecule has 4 nitrogen and oxygen atoms in total. The number of halogens is 1. The molecule has 1 aliphatic carbocycles. The van der Waals surface area contributed by atoms with Gasteiger partial charge in [0.2, 0.25) is 5.91 Å². The van der Waals surface area contributed by atoms with Crippen molar-refractivity contribution in [3.05, 3.63) is 81.8 Å². The lowest BCUT2D eigenvalue weighted by Crippen LogP contribution is -2.51. The first-order valence-electron chi connectivity index (χ1n) is 8.90. The van der Waals surface area contributed by atoms with Gasteiger partial charge >= 0.3 is 5.97 Å². The number of rotatable bonds is 5. The molecule has 5 heteroatoms. The number of aliphatic carboxylic acids is 1. The van der Waals surface area contributed by atoms with Gasteiger partial charge < -0.3 is 10.4 Å². The average molecular weight is 428 g/mol. The van der Waals surface area contributed by atoms with Crippen LogP contribution < -0.4 is 5.32 Å². The average Bonchev–Trinajstić information content (AvgIpc) is 2.67. The highest BCUT2D eigenvalue weighted by Crippen LogP contribution is 2.47. The van der Waals surface area contributed by atoms with Gasteiger partial charge in [-0.15, -0.1) is 0 Å². The van der Waals surface area contributed by atoms with Crippen LogP contribution in [0.25, 0.3) is 0 Å².